The van der Waals surface area contributed by atoms with Gasteiger partial charge in [-0.1, -0.05) is 33.3 Å². The summed E-state index contributed by atoms with van der Waals surface area (Å²) in [4.78, 5) is 29.3. The summed E-state index contributed by atoms with van der Waals surface area (Å²) in [6.07, 6.45) is 4.51. The third-order valence-corrected chi connectivity index (χ3v) is 7.42. The molecule has 3 rings (SSSR count). The minimum absolute atomic E-state index is 0.0844. The molecule has 1 aliphatic carbocycles. The minimum atomic E-state index is -0.726. The Kier molecular flexibility index (Phi) is 6.84. The van der Waals surface area contributed by atoms with E-state index in [1.807, 2.05) is 30.1 Å². The highest BCUT2D eigenvalue weighted by molar-refractivity contribution is 6.07. The number of benzene rings is 1. The molecular weight excluding hydrogens is 394 g/mol. The minimum Gasteiger partial charge on any atom is -0.497 e. The van der Waals surface area contributed by atoms with Crippen LogP contribution in [0.1, 0.15) is 58.4 Å². The number of hydrogen-bond acceptors (Lipinski definition) is 5. The van der Waals surface area contributed by atoms with Crippen molar-refractivity contribution in [3.63, 3.8) is 0 Å². The molecule has 3 amide bonds. The normalized spacial score (nSPS) is 24.1. The Morgan fingerprint density at radius 2 is 1.87 bits per heavy atom. The summed E-state index contributed by atoms with van der Waals surface area (Å²) >= 11 is 0. The van der Waals surface area contributed by atoms with Gasteiger partial charge in [-0.15, -0.1) is 0 Å². The van der Waals surface area contributed by atoms with Gasteiger partial charge in [0, 0.05) is 18.2 Å². The van der Waals surface area contributed by atoms with Gasteiger partial charge in [-0.05, 0) is 50.1 Å². The maximum absolute atomic E-state index is 13.3. The van der Waals surface area contributed by atoms with Gasteiger partial charge in [0.1, 0.15) is 17.0 Å². The summed E-state index contributed by atoms with van der Waals surface area (Å²) < 4.78 is 10.7. The van der Waals surface area contributed by atoms with Gasteiger partial charge in [-0.2, -0.15) is 0 Å². The molecule has 31 heavy (non-hydrogen) atoms. The maximum atomic E-state index is 13.3. The number of rotatable bonds is 8. The summed E-state index contributed by atoms with van der Waals surface area (Å²) in [7, 11) is 5.14. The number of ether oxygens (including phenoxy) is 2. The number of methoxy groups -OCH3 is 2. The number of amides is 3. The van der Waals surface area contributed by atoms with E-state index in [-0.39, 0.29) is 24.0 Å². The fourth-order valence-corrected chi connectivity index (χ4v) is 4.89. The second kappa shape index (κ2) is 9.07. The molecule has 1 aromatic carbocycles. The van der Waals surface area contributed by atoms with Crippen molar-refractivity contribution >= 4 is 11.9 Å². The third-order valence-electron chi connectivity index (χ3n) is 7.42. The molecule has 0 unspecified atom stereocenters. The lowest BCUT2D eigenvalue weighted by Crippen LogP contribution is -2.51. The van der Waals surface area contributed by atoms with Crippen molar-refractivity contribution in [2.24, 2.45) is 11.3 Å². The SMILES string of the molecule is CCC(C)(C)C1CCC2(CC1)NC(=O)N(CN(C)Cc1ccc(OC)cc1OC)C2=O. The molecule has 0 bridgehead atoms. The topological polar surface area (TPSA) is 71.1 Å². The van der Waals surface area contributed by atoms with Crippen LogP contribution in [0.5, 0.6) is 11.5 Å². The zero-order chi connectivity index (χ0) is 22.8. The second-order valence-electron chi connectivity index (χ2n) is 9.70. The molecule has 172 valence electrons. The Balaban J connectivity index is 1.64. The number of nitrogens with one attached hydrogen (secondary N) is 1. The number of carbonyl (C=O) groups is 2. The summed E-state index contributed by atoms with van der Waals surface area (Å²) in [5.41, 5.74) is 0.510. The lowest BCUT2D eigenvalue weighted by molar-refractivity contribution is -0.134. The fraction of sp³-hybridized carbons (Fsp3) is 0.667. The van der Waals surface area contributed by atoms with E-state index in [4.69, 9.17) is 9.47 Å². The van der Waals surface area contributed by atoms with E-state index in [0.717, 1.165) is 49.2 Å². The zero-order valence-corrected chi connectivity index (χ0v) is 19.8. The molecule has 0 radical (unpaired) electrons. The molecule has 7 nitrogen and oxygen atoms in total. The Labute approximate surface area is 186 Å². The van der Waals surface area contributed by atoms with Crippen molar-refractivity contribution in [3.05, 3.63) is 23.8 Å². The average Bonchev–Trinajstić information content (AvgIpc) is 2.98. The molecule has 1 saturated heterocycles. The molecule has 0 aromatic heterocycles. The van der Waals surface area contributed by atoms with Crippen molar-refractivity contribution in [3.8, 4) is 11.5 Å². The highest BCUT2D eigenvalue weighted by Gasteiger charge is 2.53. The van der Waals surface area contributed by atoms with Crippen molar-refractivity contribution in [2.75, 3.05) is 27.9 Å². The standard InChI is InChI=1S/C24H37N3O4/c1-7-23(2,3)18-10-12-24(13-11-18)21(28)27(22(29)25-24)16-26(4)15-17-8-9-19(30-5)14-20(17)31-6/h8-9,14,18H,7,10-13,15-16H2,1-6H3,(H,25,29). The van der Waals surface area contributed by atoms with Gasteiger partial charge in [-0.25, -0.2) is 9.69 Å². The first-order valence-corrected chi connectivity index (χ1v) is 11.2. The number of nitrogens with zero attached hydrogens (tertiary/aromatic N) is 2. The fourth-order valence-electron chi connectivity index (χ4n) is 4.89. The van der Waals surface area contributed by atoms with Crippen molar-refractivity contribution in [1.29, 1.82) is 0 Å². The van der Waals surface area contributed by atoms with Crippen LogP contribution >= 0.6 is 0 Å². The van der Waals surface area contributed by atoms with Crippen molar-refractivity contribution in [2.45, 2.75) is 65.0 Å². The van der Waals surface area contributed by atoms with E-state index in [1.165, 1.54) is 4.90 Å². The van der Waals surface area contributed by atoms with Crippen molar-refractivity contribution in [1.82, 2.24) is 15.1 Å². The van der Waals surface area contributed by atoms with Gasteiger partial charge in [0.15, 0.2) is 0 Å². The third kappa shape index (κ3) is 4.66. The van der Waals surface area contributed by atoms with Gasteiger partial charge >= 0.3 is 6.03 Å². The number of imide groups is 1. The Morgan fingerprint density at radius 1 is 1.19 bits per heavy atom. The highest BCUT2D eigenvalue weighted by Crippen LogP contribution is 2.45. The maximum Gasteiger partial charge on any atom is 0.326 e. The Hall–Kier alpha value is -2.28. The second-order valence-corrected chi connectivity index (χ2v) is 9.70. The molecule has 1 heterocycles. The van der Waals surface area contributed by atoms with Gasteiger partial charge < -0.3 is 14.8 Å². The van der Waals surface area contributed by atoms with Gasteiger partial charge in [0.05, 0.1) is 20.9 Å². The molecule has 7 heteroatoms. The van der Waals surface area contributed by atoms with Crippen molar-refractivity contribution < 1.29 is 19.1 Å². The van der Waals surface area contributed by atoms with Crippen LogP contribution in [0.3, 0.4) is 0 Å². The van der Waals surface area contributed by atoms with E-state index in [9.17, 15) is 9.59 Å². The molecule has 1 N–H and O–H groups in total. The summed E-state index contributed by atoms with van der Waals surface area (Å²) in [6, 6.07) is 5.37. The summed E-state index contributed by atoms with van der Waals surface area (Å²) in [5, 5.41) is 3.04. The van der Waals surface area contributed by atoms with E-state index in [0.29, 0.717) is 12.5 Å². The predicted molar refractivity (Wildman–Crippen MR) is 120 cm³/mol. The average molecular weight is 432 g/mol. The van der Waals surface area contributed by atoms with Crippen LogP contribution in [-0.4, -0.2) is 55.2 Å². The first-order chi connectivity index (χ1) is 14.7. The monoisotopic (exact) mass is 431 g/mol. The van der Waals surface area contributed by atoms with Gasteiger partial charge in [-0.3, -0.25) is 9.69 Å². The van der Waals surface area contributed by atoms with Crippen LogP contribution in [-0.2, 0) is 11.3 Å². The molecule has 1 aromatic rings. The molecule has 1 saturated carbocycles. The smallest absolute Gasteiger partial charge is 0.326 e. The lowest BCUT2D eigenvalue weighted by Gasteiger charge is -2.42. The van der Waals surface area contributed by atoms with Crippen LogP contribution in [0.15, 0.2) is 18.2 Å². The zero-order valence-electron chi connectivity index (χ0n) is 19.8. The number of urea groups is 1. The van der Waals surface area contributed by atoms with Crippen LogP contribution in [0.2, 0.25) is 0 Å². The Bertz CT molecular complexity index is 815. The molecule has 0 atom stereocenters. The first-order valence-electron chi connectivity index (χ1n) is 11.2. The van der Waals surface area contributed by atoms with E-state index >= 15 is 0 Å². The molecule has 1 spiro atoms. The first kappa shape index (κ1) is 23.4. The van der Waals surface area contributed by atoms with Gasteiger partial charge in [0.2, 0.25) is 0 Å². The molecule has 2 aliphatic rings. The van der Waals surface area contributed by atoms with E-state index < -0.39 is 5.54 Å². The van der Waals surface area contributed by atoms with Crippen LogP contribution in [0, 0.1) is 11.3 Å². The Morgan fingerprint density at radius 3 is 2.45 bits per heavy atom. The summed E-state index contributed by atoms with van der Waals surface area (Å²) in [5.74, 6) is 1.95. The highest BCUT2D eigenvalue weighted by atomic mass is 16.5. The summed E-state index contributed by atoms with van der Waals surface area (Å²) in [6.45, 7) is 7.62. The van der Waals surface area contributed by atoms with Crippen LogP contribution in [0.25, 0.3) is 0 Å². The number of hydrogen-bond donors (Lipinski definition) is 1. The lowest BCUT2D eigenvalue weighted by atomic mass is 9.65. The molecule has 2 fully saturated rings. The quantitative estimate of drug-likeness (QED) is 0.630. The predicted octanol–water partition coefficient (Wildman–Crippen LogP) is 4.01. The molecular formula is C24H37N3O4. The van der Waals surface area contributed by atoms with Crippen LogP contribution in [0.4, 0.5) is 4.79 Å². The van der Waals surface area contributed by atoms with E-state index in [2.05, 4.69) is 26.1 Å². The molecule has 1 aliphatic heterocycles. The largest absolute Gasteiger partial charge is 0.497 e. The number of carbonyl (C=O) groups excluding carboxylic acids is 2. The van der Waals surface area contributed by atoms with Crippen LogP contribution < -0.4 is 14.8 Å². The van der Waals surface area contributed by atoms with Gasteiger partial charge in [0.25, 0.3) is 5.91 Å². The van der Waals surface area contributed by atoms with E-state index in [1.54, 1.807) is 14.2 Å².